The average molecular weight is 253 g/mol. The Labute approximate surface area is 113 Å². The van der Waals surface area contributed by atoms with Crippen molar-refractivity contribution in [2.75, 3.05) is 6.54 Å². The van der Waals surface area contributed by atoms with E-state index in [9.17, 15) is 5.11 Å². The van der Waals surface area contributed by atoms with Crippen molar-refractivity contribution in [2.24, 2.45) is 5.92 Å². The smallest absolute Gasteiger partial charge is 0.0575 e. The van der Waals surface area contributed by atoms with Gasteiger partial charge in [-0.05, 0) is 59.3 Å². The molecule has 1 N–H and O–H groups in total. The fourth-order valence-electron chi connectivity index (χ4n) is 4.39. The van der Waals surface area contributed by atoms with Gasteiger partial charge in [0.1, 0.15) is 0 Å². The van der Waals surface area contributed by atoms with Crippen LogP contribution in [-0.4, -0.2) is 33.7 Å². The number of hydrogen-bond acceptors (Lipinski definition) is 2. The maximum Gasteiger partial charge on any atom is 0.0575 e. The molecular weight excluding hydrogens is 222 g/mol. The molecule has 2 fully saturated rings. The maximum absolute atomic E-state index is 10.1. The minimum absolute atomic E-state index is 0.127. The summed E-state index contributed by atoms with van der Waals surface area (Å²) in [7, 11) is 0. The van der Waals surface area contributed by atoms with Crippen LogP contribution in [0.25, 0.3) is 0 Å². The second kappa shape index (κ2) is 5.13. The van der Waals surface area contributed by atoms with Crippen LogP contribution in [0.3, 0.4) is 0 Å². The fourth-order valence-corrected chi connectivity index (χ4v) is 4.39. The summed E-state index contributed by atoms with van der Waals surface area (Å²) in [5, 5.41) is 10.1. The Morgan fingerprint density at radius 3 is 1.94 bits per heavy atom. The SMILES string of the molecule is CC1(C)CC(O)CC(C)(C)N1CC1CCCCC1. The predicted molar refractivity (Wildman–Crippen MR) is 76.7 cm³/mol. The lowest BCUT2D eigenvalue weighted by atomic mass is 9.76. The Morgan fingerprint density at radius 1 is 0.944 bits per heavy atom. The summed E-state index contributed by atoms with van der Waals surface area (Å²) in [6, 6.07) is 0. The fraction of sp³-hybridized carbons (Fsp3) is 1.00. The number of piperidine rings is 1. The quantitative estimate of drug-likeness (QED) is 0.813. The number of aliphatic hydroxyl groups excluding tert-OH is 1. The lowest BCUT2D eigenvalue weighted by molar-refractivity contribution is -0.0894. The molecule has 0 amide bonds. The topological polar surface area (TPSA) is 23.5 Å². The maximum atomic E-state index is 10.1. The van der Waals surface area contributed by atoms with Gasteiger partial charge in [-0.3, -0.25) is 4.90 Å². The molecule has 0 radical (unpaired) electrons. The van der Waals surface area contributed by atoms with Crippen LogP contribution in [0.1, 0.15) is 72.6 Å². The van der Waals surface area contributed by atoms with E-state index < -0.39 is 0 Å². The van der Waals surface area contributed by atoms with Crippen molar-refractivity contribution in [3.63, 3.8) is 0 Å². The molecular formula is C16H31NO. The van der Waals surface area contributed by atoms with E-state index in [1.165, 1.54) is 38.6 Å². The third kappa shape index (κ3) is 3.08. The van der Waals surface area contributed by atoms with Gasteiger partial charge in [-0.2, -0.15) is 0 Å². The Morgan fingerprint density at radius 2 is 1.44 bits per heavy atom. The molecule has 1 aliphatic heterocycles. The summed E-state index contributed by atoms with van der Waals surface area (Å²) >= 11 is 0. The van der Waals surface area contributed by atoms with E-state index in [0.717, 1.165) is 18.8 Å². The van der Waals surface area contributed by atoms with E-state index in [0.29, 0.717) is 0 Å². The molecule has 2 heteroatoms. The molecule has 0 aromatic heterocycles. The number of likely N-dealkylation sites (tertiary alicyclic amines) is 1. The van der Waals surface area contributed by atoms with Crippen LogP contribution in [0.15, 0.2) is 0 Å². The third-order valence-corrected chi connectivity index (χ3v) is 5.10. The lowest BCUT2D eigenvalue weighted by Crippen LogP contribution is -2.62. The minimum Gasteiger partial charge on any atom is -0.393 e. The molecule has 18 heavy (non-hydrogen) atoms. The van der Waals surface area contributed by atoms with Crippen molar-refractivity contribution in [2.45, 2.75) is 89.8 Å². The first-order valence-electron chi connectivity index (χ1n) is 7.77. The highest BCUT2D eigenvalue weighted by molar-refractivity contribution is 5.00. The largest absolute Gasteiger partial charge is 0.393 e. The molecule has 0 atom stereocenters. The number of aliphatic hydroxyl groups is 1. The zero-order valence-corrected chi connectivity index (χ0v) is 12.7. The van der Waals surface area contributed by atoms with E-state index in [-0.39, 0.29) is 17.2 Å². The van der Waals surface area contributed by atoms with Crippen molar-refractivity contribution >= 4 is 0 Å². The zero-order chi connectivity index (χ0) is 13.4. The normalized spacial score (nSPS) is 30.5. The van der Waals surface area contributed by atoms with E-state index in [1.54, 1.807) is 0 Å². The summed E-state index contributed by atoms with van der Waals surface area (Å²) in [6.45, 7) is 10.5. The van der Waals surface area contributed by atoms with Gasteiger partial charge < -0.3 is 5.11 Å². The van der Waals surface area contributed by atoms with Crippen molar-refractivity contribution in [1.29, 1.82) is 0 Å². The van der Waals surface area contributed by atoms with Crippen LogP contribution in [0, 0.1) is 5.92 Å². The zero-order valence-electron chi connectivity index (χ0n) is 12.7. The van der Waals surface area contributed by atoms with Gasteiger partial charge in [0.25, 0.3) is 0 Å². The summed E-state index contributed by atoms with van der Waals surface area (Å²) in [6.07, 6.45) is 8.80. The van der Waals surface area contributed by atoms with Gasteiger partial charge in [0.15, 0.2) is 0 Å². The number of hydrogen-bond donors (Lipinski definition) is 1. The van der Waals surface area contributed by atoms with Crippen molar-refractivity contribution in [3.05, 3.63) is 0 Å². The molecule has 1 aliphatic carbocycles. The Balaban J connectivity index is 2.07. The van der Waals surface area contributed by atoms with Crippen LogP contribution in [0.2, 0.25) is 0 Å². The Bertz CT molecular complexity index is 261. The summed E-state index contributed by atoms with van der Waals surface area (Å²) in [4.78, 5) is 2.68. The predicted octanol–water partition coefficient (Wildman–Crippen LogP) is 3.58. The Hall–Kier alpha value is -0.0800. The van der Waals surface area contributed by atoms with Gasteiger partial charge in [0.2, 0.25) is 0 Å². The number of rotatable bonds is 2. The highest BCUT2D eigenvalue weighted by Crippen LogP contribution is 2.40. The van der Waals surface area contributed by atoms with Crippen LogP contribution >= 0.6 is 0 Å². The molecule has 1 heterocycles. The molecule has 1 saturated carbocycles. The van der Waals surface area contributed by atoms with Crippen LogP contribution in [-0.2, 0) is 0 Å². The molecule has 0 aromatic rings. The van der Waals surface area contributed by atoms with Gasteiger partial charge in [0.05, 0.1) is 6.10 Å². The Kier molecular flexibility index (Phi) is 4.08. The van der Waals surface area contributed by atoms with E-state index in [1.807, 2.05) is 0 Å². The highest BCUT2D eigenvalue weighted by Gasteiger charge is 2.45. The minimum atomic E-state index is -0.127. The molecule has 0 aromatic carbocycles. The monoisotopic (exact) mass is 253 g/mol. The average Bonchev–Trinajstić information content (AvgIpc) is 2.23. The summed E-state index contributed by atoms with van der Waals surface area (Å²) in [5.41, 5.74) is 0.275. The molecule has 2 nitrogen and oxygen atoms in total. The third-order valence-electron chi connectivity index (χ3n) is 5.10. The van der Waals surface area contributed by atoms with Crippen molar-refractivity contribution < 1.29 is 5.11 Å². The van der Waals surface area contributed by atoms with Crippen molar-refractivity contribution in [3.8, 4) is 0 Å². The summed E-state index contributed by atoms with van der Waals surface area (Å²) in [5.74, 6) is 0.882. The summed E-state index contributed by atoms with van der Waals surface area (Å²) < 4.78 is 0. The molecule has 2 aliphatic rings. The standard InChI is InChI=1S/C16H31NO/c1-15(2)10-14(18)11-16(3,4)17(15)12-13-8-6-5-7-9-13/h13-14,18H,5-12H2,1-4H3. The molecule has 1 saturated heterocycles. The van der Waals surface area contributed by atoms with E-state index in [2.05, 4.69) is 32.6 Å². The first kappa shape index (κ1) is 14.3. The number of nitrogens with zero attached hydrogens (tertiary/aromatic N) is 1. The highest BCUT2D eigenvalue weighted by atomic mass is 16.3. The van der Waals surface area contributed by atoms with Crippen LogP contribution in [0.5, 0.6) is 0 Å². The first-order chi connectivity index (χ1) is 8.31. The van der Waals surface area contributed by atoms with Gasteiger partial charge in [-0.1, -0.05) is 19.3 Å². The van der Waals surface area contributed by atoms with Gasteiger partial charge in [-0.25, -0.2) is 0 Å². The second-order valence-electron chi connectivity index (χ2n) is 7.80. The molecule has 0 bridgehead atoms. The molecule has 106 valence electrons. The van der Waals surface area contributed by atoms with Crippen molar-refractivity contribution in [1.82, 2.24) is 4.90 Å². The molecule has 0 spiro atoms. The van der Waals surface area contributed by atoms with Gasteiger partial charge >= 0.3 is 0 Å². The van der Waals surface area contributed by atoms with Crippen LogP contribution in [0.4, 0.5) is 0 Å². The van der Waals surface area contributed by atoms with Crippen LogP contribution < -0.4 is 0 Å². The van der Waals surface area contributed by atoms with Gasteiger partial charge in [0, 0.05) is 17.6 Å². The first-order valence-corrected chi connectivity index (χ1v) is 7.77. The second-order valence-corrected chi connectivity index (χ2v) is 7.80. The van der Waals surface area contributed by atoms with E-state index >= 15 is 0 Å². The van der Waals surface area contributed by atoms with E-state index in [4.69, 9.17) is 0 Å². The lowest BCUT2D eigenvalue weighted by Gasteiger charge is -2.55. The molecule has 0 unspecified atom stereocenters. The molecule has 2 rings (SSSR count). The van der Waals surface area contributed by atoms with Gasteiger partial charge in [-0.15, -0.1) is 0 Å².